The summed E-state index contributed by atoms with van der Waals surface area (Å²) in [5, 5.41) is 9.06. The Hall–Kier alpha value is -0.940. The molecule has 0 amide bonds. The number of H-pyrrole nitrogens is 1. The van der Waals surface area contributed by atoms with Crippen LogP contribution in [0.1, 0.15) is 24.6 Å². The van der Waals surface area contributed by atoms with Crippen LogP contribution in [-0.2, 0) is 20.4 Å². The lowest BCUT2D eigenvalue weighted by Crippen LogP contribution is -2.29. The highest BCUT2D eigenvalue weighted by atomic mass is 32.1. The standard InChI is InChI=1S/C10H14FN2O7PS/c11-10(5-19-21(16,17)18)2-1-7(20-10)13-3-6(4-14)8(15)12-9(13)22/h3,7,14H,1-2,4-5H2,(H,12,15,22)(H2,16,17,18)/t7-,10+/m1/s1. The highest BCUT2D eigenvalue weighted by molar-refractivity contribution is 7.71. The van der Waals surface area contributed by atoms with Crippen LogP contribution in [0.2, 0.25) is 0 Å². The van der Waals surface area contributed by atoms with Gasteiger partial charge in [0.2, 0.25) is 5.85 Å². The first-order valence-electron chi connectivity index (χ1n) is 6.15. The Bertz CT molecular complexity index is 716. The molecule has 22 heavy (non-hydrogen) atoms. The van der Waals surface area contributed by atoms with Gasteiger partial charge < -0.3 is 19.6 Å². The van der Waals surface area contributed by atoms with E-state index in [1.54, 1.807) is 0 Å². The smallest absolute Gasteiger partial charge is 0.391 e. The van der Waals surface area contributed by atoms with Gasteiger partial charge >= 0.3 is 7.82 Å². The molecule has 1 aromatic heterocycles. The van der Waals surface area contributed by atoms with Crippen molar-refractivity contribution in [2.24, 2.45) is 0 Å². The third-order valence-electron chi connectivity index (χ3n) is 3.08. The molecule has 9 nitrogen and oxygen atoms in total. The lowest BCUT2D eigenvalue weighted by molar-refractivity contribution is -0.174. The van der Waals surface area contributed by atoms with E-state index in [0.717, 1.165) is 0 Å². The lowest BCUT2D eigenvalue weighted by atomic mass is 10.2. The van der Waals surface area contributed by atoms with Crippen molar-refractivity contribution in [2.45, 2.75) is 31.5 Å². The van der Waals surface area contributed by atoms with E-state index in [0.29, 0.717) is 0 Å². The maximum atomic E-state index is 14.3. The maximum absolute atomic E-state index is 14.3. The minimum absolute atomic E-state index is 0.0210. The number of ether oxygens (including phenoxy) is 1. The van der Waals surface area contributed by atoms with E-state index in [9.17, 15) is 13.8 Å². The zero-order valence-corrected chi connectivity index (χ0v) is 12.8. The van der Waals surface area contributed by atoms with Gasteiger partial charge in [0.1, 0.15) is 12.8 Å². The number of phosphoric ester groups is 1. The fourth-order valence-electron chi connectivity index (χ4n) is 2.04. The number of nitrogens with one attached hydrogen (secondary N) is 1. The predicted octanol–water partition coefficient (Wildman–Crippen LogP) is 0.482. The minimum atomic E-state index is -4.81. The van der Waals surface area contributed by atoms with Gasteiger partial charge in [0.05, 0.1) is 12.2 Å². The van der Waals surface area contributed by atoms with Gasteiger partial charge in [0.25, 0.3) is 5.56 Å². The molecule has 0 unspecified atom stereocenters. The Morgan fingerprint density at radius 2 is 2.32 bits per heavy atom. The van der Waals surface area contributed by atoms with Crippen LogP contribution in [0.3, 0.4) is 0 Å². The highest BCUT2D eigenvalue weighted by Crippen LogP contribution is 2.43. The van der Waals surface area contributed by atoms with Crippen LogP contribution in [0.25, 0.3) is 0 Å². The number of hydrogen-bond acceptors (Lipinski definition) is 6. The number of aromatic amines is 1. The van der Waals surface area contributed by atoms with Crippen molar-refractivity contribution in [3.8, 4) is 0 Å². The highest BCUT2D eigenvalue weighted by Gasteiger charge is 2.43. The van der Waals surface area contributed by atoms with Crippen LogP contribution in [0.5, 0.6) is 0 Å². The monoisotopic (exact) mass is 356 g/mol. The number of aliphatic hydroxyl groups is 1. The van der Waals surface area contributed by atoms with Crippen LogP contribution in [0.15, 0.2) is 11.0 Å². The van der Waals surface area contributed by atoms with Gasteiger partial charge in [-0.25, -0.2) is 8.96 Å². The molecule has 0 spiro atoms. The van der Waals surface area contributed by atoms with Gasteiger partial charge in [-0.1, -0.05) is 0 Å². The topological polar surface area (TPSA) is 134 Å². The second-order valence-corrected chi connectivity index (χ2v) is 6.36. The average molecular weight is 356 g/mol. The lowest BCUT2D eigenvalue weighted by Gasteiger charge is -2.22. The first-order chi connectivity index (χ1) is 10.1. The molecule has 1 saturated heterocycles. The van der Waals surface area contributed by atoms with Crippen molar-refractivity contribution < 1.29 is 33.1 Å². The molecule has 2 atom stereocenters. The van der Waals surface area contributed by atoms with Crippen LogP contribution < -0.4 is 5.56 Å². The number of alkyl halides is 1. The Kier molecular flexibility index (Phi) is 4.97. The Labute approximate surface area is 128 Å². The third-order valence-corrected chi connectivity index (χ3v) is 3.86. The molecule has 0 aliphatic carbocycles. The third kappa shape index (κ3) is 4.07. The summed E-state index contributed by atoms with van der Waals surface area (Å²) in [6, 6.07) is 0. The first-order valence-corrected chi connectivity index (χ1v) is 8.09. The van der Waals surface area contributed by atoms with Crippen molar-refractivity contribution in [1.82, 2.24) is 9.55 Å². The van der Waals surface area contributed by atoms with E-state index in [2.05, 4.69) is 9.51 Å². The molecule has 2 heterocycles. The summed E-state index contributed by atoms with van der Waals surface area (Å²) in [5.41, 5.74) is -0.530. The number of halogens is 1. The largest absolute Gasteiger partial charge is 0.469 e. The van der Waals surface area contributed by atoms with Gasteiger partial charge in [0, 0.05) is 12.6 Å². The molecular formula is C10H14FN2O7PS. The number of aromatic nitrogens is 2. The molecular weight excluding hydrogens is 342 g/mol. The fraction of sp³-hybridized carbons (Fsp3) is 0.600. The van der Waals surface area contributed by atoms with Crippen LogP contribution >= 0.6 is 20.0 Å². The van der Waals surface area contributed by atoms with Crippen molar-refractivity contribution >= 4 is 20.0 Å². The summed E-state index contributed by atoms with van der Waals surface area (Å²) in [4.78, 5) is 31.0. The van der Waals surface area contributed by atoms with Gasteiger partial charge in [-0.2, -0.15) is 0 Å². The zero-order chi connectivity index (χ0) is 16.5. The summed E-state index contributed by atoms with van der Waals surface area (Å²) in [5.74, 6) is -2.38. The number of hydrogen-bond donors (Lipinski definition) is 4. The molecule has 12 heteroatoms. The molecule has 2 rings (SSSR count). The zero-order valence-electron chi connectivity index (χ0n) is 11.1. The molecule has 124 valence electrons. The van der Waals surface area contributed by atoms with E-state index >= 15 is 0 Å². The molecule has 0 saturated carbocycles. The molecule has 1 aliphatic rings. The summed E-state index contributed by atoms with van der Waals surface area (Å²) in [6.07, 6.45) is 0.334. The Balaban J connectivity index is 2.18. The molecule has 1 fully saturated rings. The van der Waals surface area contributed by atoms with Gasteiger partial charge in [-0.05, 0) is 18.6 Å². The molecule has 1 aliphatic heterocycles. The van der Waals surface area contributed by atoms with E-state index < -0.39 is 38.7 Å². The van der Waals surface area contributed by atoms with E-state index in [-0.39, 0.29) is 23.2 Å². The molecule has 0 aromatic carbocycles. The normalized spacial score (nSPS) is 25.5. The van der Waals surface area contributed by atoms with Crippen molar-refractivity contribution in [3.63, 3.8) is 0 Å². The number of rotatable bonds is 5. The molecule has 4 N–H and O–H groups in total. The van der Waals surface area contributed by atoms with E-state index in [4.69, 9.17) is 31.8 Å². The number of nitrogens with zero attached hydrogens (tertiary/aromatic N) is 1. The second-order valence-electron chi connectivity index (χ2n) is 4.74. The summed E-state index contributed by atoms with van der Waals surface area (Å²) < 4.78 is 35.4. The number of aliphatic hydroxyl groups excluding tert-OH is 1. The first kappa shape index (κ1) is 17.4. The van der Waals surface area contributed by atoms with Crippen LogP contribution in [-0.4, -0.2) is 36.9 Å². The maximum Gasteiger partial charge on any atom is 0.469 e. The predicted molar refractivity (Wildman–Crippen MR) is 73.0 cm³/mol. The summed E-state index contributed by atoms with van der Waals surface area (Å²) in [7, 11) is -4.81. The van der Waals surface area contributed by atoms with Crippen LogP contribution in [0, 0.1) is 4.77 Å². The molecule has 0 bridgehead atoms. The number of phosphoric acid groups is 1. The Morgan fingerprint density at radius 3 is 2.91 bits per heavy atom. The second kappa shape index (κ2) is 6.28. The van der Waals surface area contributed by atoms with Gasteiger partial charge in [-0.15, -0.1) is 0 Å². The van der Waals surface area contributed by atoms with E-state index in [1.165, 1.54) is 10.8 Å². The molecule has 1 aromatic rings. The van der Waals surface area contributed by atoms with Crippen LogP contribution in [0.4, 0.5) is 4.39 Å². The Morgan fingerprint density at radius 1 is 1.64 bits per heavy atom. The minimum Gasteiger partial charge on any atom is -0.391 e. The van der Waals surface area contributed by atoms with Crippen molar-refractivity contribution in [1.29, 1.82) is 0 Å². The fourth-order valence-corrected chi connectivity index (χ4v) is 2.66. The summed E-state index contributed by atoms with van der Waals surface area (Å²) in [6.45, 7) is -1.46. The van der Waals surface area contributed by atoms with Gasteiger partial charge in [0.15, 0.2) is 4.77 Å². The van der Waals surface area contributed by atoms with Crippen molar-refractivity contribution in [3.05, 3.63) is 26.9 Å². The van der Waals surface area contributed by atoms with Gasteiger partial charge in [-0.3, -0.25) is 18.9 Å². The molecule has 0 radical (unpaired) electrons. The van der Waals surface area contributed by atoms with E-state index in [1.807, 2.05) is 0 Å². The summed E-state index contributed by atoms with van der Waals surface area (Å²) >= 11 is 4.95. The average Bonchev–Trinajstić information content (AvgIpc) is 2.79. The van der Waals surface area contributed by atoms with Crippen molar-refractivity contribution in [2.75, 3.05) is 6.61 Å². The quantitative estimate of drug-likeness (QED) is 0.442. The SMILES string of the molecule is O=c1[nH]c(=S)n([C@H]2CC[C@@](F)(COP(=O)(O)O)O2)cc1CO.